The molecule has 1 atom stereocenters. The minimum atomic E-state index is -0.222. The first kappa shape index (κ1) is 14.1. The van der Waals surface area contributed by atoms with Gasteiger partial charge in [-0.1, -0.05) is 0 Å². The lowest BCUT2D eigenvalue weighted by Gasteiger charge is -2.25. The second kappa shape index (κ2) is 4.84. The zero-order valence-corrected chi connectivity index (χ0v) is 12.5. The van der Waals surface area contributed by atoms with Gasteiger partial charge in [0.15, 0.2) is 5.76 Å². The van der Waals surface area contributed by atoms with Gasteiger partial charge in [-0.05, 0) is 32.3 Å². The van der Waals surface area contributed by atoms with Crippen LogP contribution in [0.2, 0.25) is 0 Å². The van der Waals surface area contributed by atoms with E-state index in [4.69, 9.17) is 4.74 Å². The van der Waals surface area contributed by atoms with E-state index in [-0.39, 0.29) is 29.9 Å². The number of aliphatic hydroxyl groups excluding tert-OH is 1. The summed E-state index contributed by atoms with van der Waals surface area (Å²) < 4.78 is 7.07. The zero-order valence-electron chi connectivity index (χ0n) is 12.5. The summed E-state index contributed by atoms with van der Waals surface area (Å²) in [5.41, 5.74) is 3.04. The highest BCUT2D eigenvalue weighted by Gasteiger charge is 2.39. The molecule has 0 aromatic carbocycles. The van der Waals surface area contributed by atoms with Gasteiger partial charge in [0.25, 0.3) is 0 Å². The number of ketones is 2. The minimum absolute atomic E-state index is 0.00347. The van der Waals surface area contributed by atoms with Crippen LogP contribution in [0, 0.1) is 6.92 Å². The van der Waals surface area contributed by atoms with Gasteiger partial charge in [-0.3, -0.25) is 9.59 Å². The predicted molar refractivity (Wildman–Crippen MR) is 76.6 cm³/mol. The molecule has 1 aliphatic carbocycles. The first-order valence-corrected chi connectivity index (χ1v) is 7.21. The van der Waals surface area contributed by atoms with E-state index in [2.05, 4.69) is 0 Å². The summed E-state index contributed by atoms with van der Waals surface area (Å²) >= 11 is 0. The molecule has 2 heterocycles. The molecular weight excluding hydrogens is 271 g/mol. The average molecular weight is 290 g/mol. The van der Waals surface area contributed by atoms with Gasteiger partial charge in [-0.25, -0.2) is 0 Å². The zero-order chi connectivity index (χ0) is 15.3. The summed E-state index contributed by atoms with van der Waals surface area (Å²) in [7, 11) is 1.41. The van der Waals surface area contributed by atoms with Crippen LogP contribution in [-0.4, -0.2) is 35.0 Å². The lowest BCUT2D eigenvalue weighted by Crippen LogP contribution is -2.25. The number of aromatic nitrogens is 1. The van der Waals surface area contributed by atoms with Crippen molar-refractivity contribution in [1.82, 2.24) is 4.57 Å². The summed E-state index contributed by atoms with van der Waals surface area (Å²) in [5, 5.41) is 9.59. The summed E-state index contributed by atoms with van der Waals surface area (Å²) in [4.78, 5) is 25.3. The summed E-state index contributed by atoms with van der Waals surface area (Å²) in [6.07, 6.45) is 1.78. The molecule has 0 radical (unpaired) electrons. The second-order valence-electron chi connectivity index (χ2n) is 5.72. The topological polar surface area (TPSA) is 68.5 Å². The molecule has 2 aliphatic rings. The number of allylic oxidation sites excluding steroid dienone is 2. The largest absolute Gasteiger partial charge is 0.492 e. The highest BCUT2D eigenvalue weighted by atomic mass is 16.5. The van der Waals surface area contributed by atoms with Gasteiger partial charge < -0.3 is 14.4 Å². The maximum atomic E-state index is 12.6. The van der Waals surface area contributed by atoms with Crippen LogP contribution in [0.5, 0.6) is 0 Å². The van der Waals surface area contributed by atoms with Crippen LogP contribution in [0.1, 0.15) is 57.8 Å². The molecule has 1 aliphatic heterocycles. The maximum Gasteiger partial charge on any atom is 0.230 e. The quantitative estimate of drug-likeness (QED) is 0.845. The molecule has 0 amide bonds. The Kier molecular flexibility index (Phi) is 3.24. The van der Waals surface area contributed by atoms with Crippen molar-refractivity contribution in [3.63, 3.8) is 0 Å². The van der Waals surface area contributed by atoms with Crippen molar-refractivity contribution in [2.75, 3.05) is 13.7 Å². The van der Waals surface area contributed by atoms with Gasteiger partial charge in [0, 0.05) is 23.7 Å². The number of rotatable bonds is 2. The Labute approximate surface area is 123 Å². The molecule has 1 unspecified atom stereocenters. The van der Waals surface area contributed by atoms with Crippen molar-refractivity contribution in [2.45, 2.75) is 39.2 Å². The molecule has 5 heteroatoms. The summed E-state index contributed by atoms with van der Waals surface area (Å²) in [5.74, 6) is -0.231. The normalized spacial score (nSPS) is 21.4. The number of ether oxygens (including phenoxy) is 1. The Morgan fingerprint density at radius 1 is 1.29 bits per heavy atom. The molecule has 0 fully saturated rings. The lowest BCUT2D eigenvalue weighted by atomic mass is 9.91. The number of carbonyl (C=O) groups excluding carboxylic acids is 2. The number of carbonyl (C=O) groups is 2. The van der Waals surface area contributed by atoms with E-state index >= 15 is 0 Å². The first-order valence-electron chi connectivity index (χ1n) is 7.21. The van der Waals surface area contributed by atoms with Gasteiger partial charge in [0.2, 0.25) is 11.6 Å². The van der Waals surface area contributed by atoms with Crippen molar-refractivity contribution >= 4 is 11.6 Å². The SMILES string of the molecule is COC1=C(C)C(=O)c2c(c(C)c3n2CCCC3[13CH2]O)C1=O. The molecule has 112 valence electrons. The molecule has 1 aromatic rings. The van der Waals surface area contributed by atoms with Crippen LogP contribution in [-0.2, 0) is 11.3 Å². The van der Waals surface area contributed by atoms with E-state index < -0.39 is 0 Å². The fourth-order valence-corrected chi connectivity index (χ4v) is 3.66. The lowest BCUT2D eigenvalue weighted by molar-refractivity contribution is 0.0901. The van der Waals surface area contributed by atoms with E-state index in [0.29, 0.717) is 16.8 Å². The van der Waals surface area contributed by atoms with Crippen molar-refractivity contribution in [2.24, 2.45) is 0 Å². The molecule has 1 aromatic heterocycles. The van der Waals surface area contributed by atoms with E-state index in [1.165, 1.54) is 7.11 Å². The van der Waals surface area contributed by atoms with Crippen molar-refractivity contribution < 1.29 is 19.4 Å². The molecule has 21 heavy (non-hydrogen) atoms. The second-order valence-corrected chi connectivity index (χ2v) is 5.72. The Morgan fingerprint density at radius 3 is 2.62 bits per heavy atom. The van der Waals surface area contributed by atoms with E-state index in [1.54, 1.807) is 6.92 Å². The van der Waals surface area contributed by atoms with Crippen molar-refractivity contribution in [1.29, 1.82) is 0 Å². The number of methoxy groups -OCH3 is 1. The van der Waals surface area contributed by atoms with Crippen LogP contribution < -0.4 is 0 Å². The van der Waals surface area contributed by atoms with Crippen LogP contribution in [0.15, 0.2) is 11.3 Å². The van der Waals surface area contributed by atoms with Crippen LogP contribution >= 0.6 is 0 Å². The van der Waals surface area contributed by atoms with Gasteiger partial charge in [-0.2, -0.15) is 0 Å². The van der Waals surface area contributed by atoms with Crippen LogP contribution in [0.3, 0.4) is 0 Å². The van der Waals surface area contributed by atoms with Crippen LogP contribution in [0.4, 0.5) is 0 Å². The molecule has 5 nitrogen and oxygen atoms in total. The number of Topliss-reactive ketones (excluding diaryl/α,β-unsaturated/α-hetero) is 2. The highest BCUT2D eigenvalue weighted by molar-refractivity contribution is 6.26. The third-order valence-electron chi connectivity index (χ3n) is 4.63. The minimum Gasteiger partial charge on any atom is -0.492 e. The maximum absolute atomic E-state index is 12.6. The van der Waals surface area contributed by atoms with E-state index in [9.17, 15) is 14.7 Å². The number of hydrogen-bond donors (Lipinski definition) is 1. The van der Waals surface area contributed by atoms with Crippen molar-refractivity contribution in [3.8, 4) is 0 Å². The Hall–Kier alpha value is -1.88. The first-order chi connectivity index (χ1) is 10.0. The molecule has 0 bridgehead atoms. The van der Waals surface area contributed by atoms with Gasteiger partial charge in [-0.15, -0.1) is 0 Å². The van der Waals surface area contributed by atoms with E-state index in [1.807, 2.05) is 11.5 Å². The van der Waals surface area contributed by atoms with Crippen LogP contribution in [0.25, 0.3) is 0 Å². The fourth-order valence-electron chi connectivity index (χ4n) is 3.66. The fraction of sp³-hybridized carbons (Fsp3) is 0.500. The Morgan fingerprint density at radius 2 is 2.00 bits per heavy atom. The smallest absolute Gasteiger partial charge is 0.230 e. The summed E-state index contributed by atoms with van der Waals surface area (Å²) in [6.45, 7) is 4.24. The molecular formula is C16H19NO4. The summed E-state index contributed by atoms with van der Waals surface area (Å²) in [6, 6.07) is 0. The van der Waals surface area contributed by atoms with E-state index in [0.717, 1.165) is 30.6 Å². The molecule has 0 saturated carbocycles. The van der Waals surface area contributed by atoms with Gasteiger partial charge >= 0.3 is 0 Å². The molecule has 3 rings (SSSR count). The molecule has 0 saturated heterocycles. The third-order valence-corrected chi connectivity index (χ3v) is 4.63. The Bertz CT molecular complexity index is 681. The van der Waals surface area contributed by atoms with Gasteiger partial charge in [0.1, 0.15) is 5.69 Å². The predicted octanol–water partition coefficient (Wildman–Crippen LogP) is 1.97. The highest BCUT2D eigenvalue weighted by Crippen LogP contribution is 2.39. The number of hydrogen-bond acceptors (Lipinski definition) is 4. The number of aliphatic hydroxyl groups is 1. The molecule has 0 spiro atoms. The Balaban J connectivity index is 2.29. The standard InChI is InChI=1S/C16H19NO4/c1-8-11-13(14(19)9(2)16(21-3)15(11)20)17-6-4-5-10(7-18)12(8)17/h10,18H,4-7H2,1-3H3/i7+1. The van der Waals surface area contributed by atoms with Gasteiger partial charge in [0.05, 0.1) is 19.3 Å². The molecule has 1 N–H and O–H groups in total. The average Bonchev–Trinajstić information content (AvgIpc) is 2.79. The number of fused-ring (bicyclic) bond motifs is 3. The van der Waals surface area contributed by atoms with Crippen molar-refractivity contribution in [3.05, 3.63) is 33.8 Å². The monoisotopic (exact) mass is 290 g/mol. The third kappa shape index (κ3) is 1.73. The number of nitrogens with zero attached hydrogens (tertiary/aromatic N) is 1.